The lowest BCUT2D eigenvalue weighted by molar-refractivity contribution is 1.07. The first-order chi connectivity index (χ1) is 4.61. The Balaban J connectivity index is 2.98. The number of alkyl halides is 1. The van der Waals surface area contributed by atoms with Gasteiger partial charge in [0.25, 0.3) is 0 Å². The van der Waals surface area contributed by atoms with Gasteiger partial charge in [-0.05, 0) is 20.8 Å². The number of thiazole rings is 1. The summed E-state index contributed by atoms with van der Waals surface area (Å²) in [4.78, 5) is 5.77. The molecule has 0 aromatic carbocycles. The summed E-state index contributed by atoms with van der Waals surface area (Å²) < 4.78 is 0.551. The van der Waals surface area contributed by atoms with Gasteiger partial charge >= 0.3 is 0 Å². The van der Waals surface area contributed by atoms with E-state index in [1.165, 1.54) is 15.6 Å². The van der Waals surface area contributed by atoms with Crippen molar-refractivity contribution in [2.24, 2.45) is 0 Å². The van der Waals surface area contributed by atoms with Crippen molar-refractivity contribution in [3.63, 3.8) is 0 Å². The molecule has 1 aromatic heterocycles. The lowest BCUT2D eigenvalue weighted by Crippen LogP contribution is -1.80. The summed E-state index contributed by atoms with van der Waals surface area (Å²) in [6.45, 7) is 6.35. The fourth-order valence-electron chi connectivity index (χ4n) is 0.668. The molecule has 0 radical (unpaired) electrons. The van der Waals surface area contributed by atoms with E-state index in [0.717, 1.165) is 0 Å². The molecule has 1 heterocycles. The Labute approximate surface area is 79.0 Å². The largest absolute Gasteiger partial charge is 0.245 e. The predicted octanol–water partition coefficient (Wildman–Crippen LogP) is 3.26. The van der Waals surface area contributed by atoms with E-state index in [-0.39, 0.29) is 0 Å². The van der Waals surface area contributed by atoms with Crippen LogP contribution < -0.4 is 0 Å². The van der Waals surface area contributed by atoms with Gasteiger partial charge in [-0.1, -0.05) is 22.6 Å². The molecule has 10 heavy (non-hydrogen) atoms. The molecule has 1 atom stereocenters. The van der Waals surface area contributed by atoms with Crippen LogP contribution >= 0.6 is 33.9 Å². The van der Waals surface area contributed by atoms with Crippen LogP contribution in [0.4, 0.5) is 0 Å². The smallest absolute Gasteiger partial charge is 0.106 e. The highest BCUT2D eigenvalue weighted by molar-refractivity contribution is 14.1. The highest BCUT2D eigenvalue weighted by Crippen LogP contribution is 2.28. The van der Waals surface area contributed by atoms with Crippen LogP contribution in [-0.2, 0) is 0 Å². The second kappa shape index (κ2) is 3.17. The second-order valence-electron chi connectivity index (χ2n) is 2.31. The van der Waals surface area contributed by atoms with E-state index in [4.69, 9.17) is 0 Å². The number of aryl methyl sites for hydroxylation is 2. The van der Waals surface area contributed by atoms with Gasteiger partial charge in [-0.15, -0.1) is 11.3 Å². The number of halogens is 1. The van der Waals surface area contributed by atoms with Gasteiger partial charge in [-0.2, -0.15) is 0 Å². The topological polar surface area (TPSA) is 12.9 Å². The molecule has 0 fully saturated rings. The SMILES string of the molecule is Cc1nc(C(C)I)sc1C. The molecule has 0 N–H and O–H groups in total. The van der Waals surface area contributed by atoms with Gasteiger partial charge in [0.2, 0.25) is 0 Å². The number of nitrogens with zero attached hydrogens (tertiary/aromatic N) is 1. The van der Waals surface area contributed by atoms with Crippen LogP contribution in [-0.4, -0.2) is 4.98 Å². The average Bonchev–Trinajstić information content (AvgIpc) is 2.13. The fraction of sp³-hybridized carbons (Fsp3) is 0.571. The summed E-state index contributed by atoms with van der Waals surface area (Å²) in [5.74, 6) is 0. The molecule has 0 aliphatic heterocycles. The third-order valence-corrected chi connectivity index (χ3v) is 3.65. The number of aromatic nitrogens is 1. The second-order valence-corrected chi connectivity index (χ2v) is 5.41. The Kier molecular flexibility index (Phi) is 2.68. The Hall–Kier alpha value is 0.360. The van der Waals surface area contributed by atoms with Crippen molar-refractivity contribution in [2.75, 3.05) is 0 Å². The Bertz CT molecular complexity index is 210. The highest BCUT2D eigenvalue weighted by Gasteiger charge is 2.07. The zero-order chi connectivity index (χ0) is 7.72. The molecule has 1 rings (SSSR count). The quantitative estimate of drug-likeness (QED) is 0.562. The van der Waals surface area contributed by atoms with Gasteiger partial charge in [-0.3, -0.25) is 0 Å². The van der Waals surface area contributed by atoms with Gasteiger partial charge in [-0.25, -0.2) is 4.98 Å². The van der Waals surface area contributed by atoms with Crippen LogP contribution in [0.25, 0.3) is 0 Å². The Morgan fingerprint density at radius 3 is 2.30 bits per heavy atom. The lowest BCUT2D eigenvalue weighted by atomic mass is 10.4. The summed E-state index contributed by atoms with van der Waals surface area (Å²) in [6, 6.07) is 0. The van der Waals surface area contributed by atoms with Crippen molar-refractivity contribution in [1.82, 2.24) is 4.98 Å². The molecular formula is C7H10INS. The highest BCUT2D eigenvalue weighted by atomic mass is 127. The van der Waals surface area contributed by atoms with E-state index in [1.54, 1.807) is 11.3 Å². The third kappa shape index (κ3) is 1.69. The van der Waals surface area contributed by atoms with Gasteiger partial charge in [0.15, 0.2) is 0 Å². The maximum absolute atomic E-state index is 4.42. The van der Waals surface area contributed by atoms with Gasteiger partial charge in [0.1, 0.15) is 5.01 Å². The first kappa shape index (κ1) is 8.46. The molecule has 56 valence electrons. The summed E-state index contributed by atoms with van der Waals surface area (Å²) in [6.07, 6.45) is 0. The minimum Gasteiger partial charge on any atom is -0.245 e. The predicted molar refractivity (Wildman–Crippen MR) is 54.0 cm³/mol. The maximum atomic E-state index is 4.42. The van der Waals surface area contributed by atoms with Crippen molar-refractivity contribution >= 4 is 33.9 Å². The van der Waals surface area contributed by atoms with E-state index in [0.29, 0.717) is 3.92 Å². The normalized spacial score (nSPS) is 13.6. The Morgan fingerprint density at radius 2 is 2.10 bits per heavy atom. The number of hydrogen-bond donors (Lipinski definition) is 0. The molecule has 0 saturated heterocycles. The van der Waals surface area contributed by atoms with E-state index in [1.807, 2.05) is 0 Å². The van der Waals surface area contributed by atoms with Crippen LogP contribution in [0.3, 0.4) is 0 Å². The summed E-state index contributed by atoms with van der Waals surface area (Å²) in [5, 5.41) is 1.25. The molecule has 0 saturated carbocycles. The molecule has 0 amide bonds. The minimum absolute atomic E-state index is 0.551. The van der Waals surface area contributed by atoms with Crippen LogP contribution in [0.15, 0.2) is 0 Å². The Morgan fingerprint density at radius 1 is 1.50 bits per heavy atom. The molecule has 1 nitrogen and oxygen atoms in total. The average molecular weight is 267 g/mol. The summed E-state index contributed by atoms with van der Waals surface area (Å²) >= 11 is 4.19. The maximum Gasteiger partial charge on any atom is 0.106 e. The molecule has 0 spiro atoms. The minimum atomic E-state index is 0.551. The molecule has 0 bridgehead atoms. The molecule has 0 aliphatic carbocycles. The zero-order valence-electron chi connectivity index (χ0n) is 6.31. The van der Waals surface area contributed by atoms with E-state index >= 15 is 0 Å². The van der Waals surface area contributed by atoms with Gasteiger partial charge in [0.05, 0.1) is 9.62 Å². The standard InChI is InChI=1S/C7H10INS/c1-4(8)7-9-5(2)6(3)10-7/h4H,1-3H3. The van der Waals surface area contributed by atoms with Crippen molar-refractivity contribution in [3.05, 3.63) is 15.6 Å². The molecular weight excluding hydrogens is 257 g/mol. The third-order valence-electron chi connectivity index (χ3n) is 1.39. The van der Waals surface area contributed by atoms with Crippen molar-refractivity contribution in [3.8, 4) is 0 Å². The van der Waals surface area contributed by atoms with Crippen LogP contribution in [0, 0.1) is 13.8 Å². The summed E-state index contributed by atoms with van der Waals surface area (Å²) in [7, 11) is 0. The summed E-state index contributed by atoms with van der Waals surface area (Å²) in [5.41, 5.74) is 1.18. The van der Waals surface area contributed by atoms with Crippen molar-refractivity contribution in [2.45, 2.75) is 24.7 Å². The van der Waals surface area contributed by atoms with Gasteiger partial charge < -0.3 is 0 Å². The first-order valence-electron chi connectivity index (χ1n) is 3.19. The van der Waals surface area contributed by atoms with E-state index in [2.05, 4.69) is 48.3 Å². The monoisotopic (exact) mass is 267 g/mol. The van der Waals surface area contributed by atoms with E-state index in [9.17, 15) is 0 Å². The lowest BCUT2D eigenvalue weighted by Gasteiger charge is -1.92. The van der Waals surface area contributed by atoms with Crippen LogP contribution in [0.5, 0.6) is 0 Å². The number of rotatable bonds is 1. The van der Waals surface area contributed by atoms with Crippen LogP contribution in [0.2, 0.25) is 0 Å². The van der Waals surface area contributed by atoms with E-state index < -0.39 is 0 Å². The number of hydrogen-bond acceptors (Lipinski definition) is 2. The van der Waals surface area contributed by atoms with Crippen LogP contribution in [0.1, 0.15) is 26.4 Å². The van der Waals surface area contributed by atoms with Crippen molar-refractivity contribution in [1.29, 1.82) is 0 Å². The molecule has 3 heteroatoms. The first-order valence-corrected chi connectivity index (χ1v) is 5.25. The van der Waals surface area contributed by atoms with Gasteiger partial charge in [0, 0.05) is 4.88 Å². The molecule has 0 aliphatic rings. The molecule has 1 unspecified atom stereocenters. The molecule has 1 aromatic rings. The van der Waals surface area contributed by atoms with Crippen molar-refractivity contribution < 1.29 is 0 Å². The zero-order valence-corrected chi connectivity index (χ0v) is 9.28. The fourth-order valence-corrected chi connectivity index (χ4v) is 2.04.